The SMILES string of the molecule is COC(C)C(=O)NC1(C(N)=NO)CCCCCCC1. The highest BCUT2D eigenvalue weighted by atomic mass is 16.5. The third-order valence-corrected chi connectivity index (χ3v) is 3.89. The lowest BCUT2D eigenvalue weighted by Gasteiger charge is -2.35. The van der Waals surface area contributed by atoms with Crippen LogP contribution in [-0.4, -0.2) is 35.7 Å². The zero-order valence-electron chi connectivity index (χ0n) is 11.8. The number of amides is 1. The van der Waals surface area contributed by atoms with Gasteiger partial charge in [-0.25, -0.2) is 0 Å². The van der Waals surface area contributed by atoms with E-state index in [0.29, 0.717) is 12.8 Å². The van der Waals surface area contributed by atoms with Gasteiger partial charge in [-0.2, -0.15) is 0 Å². The monoisotopic (exact) mass is 271 g/mol. The maximum Gasteiger partial charge on any atom is 0.249 e. The van der Waals surface area contributed by atoms with E-state index in [1.165, 1.54) is 13.5 Å². The van der Waals surface area contributed by atoms with Crippen LogP contribution in [0.4, 0.5) is 0 Å². The maximum atomic E-state index is 12.0. The van der Waals surface area contributed by atoms with Crippen molar-refractivity contribution in [3.05, 3.63) is 0 Å². The first-order chi connectivity index (χ1) is 9.05. The van der Waals surface area contributed by atoms with E-state index >= 15 is 0 Å². The summed E-state index contributed by atoms with van der Waals surface area (Å²) < 4.78 is 5.01. The van der Waals surface area contributed by atoms with E-state index in [0.717, 1.165) is 25.7 Å². The zero-order chi connectivity index (χ0) is 14.3. The van der Waals surface area contributed by atoms with Crippen LogP contribution in [0.25, 0.3) is 0 Å². The van der Waals surface area contributed by atoms with Crippen molar-refractivity contribution in [1.82, 2.24) is 5.32 Å². The van der Waals surface area contributed by atoms with E-state index in [-0.39, 0.29) is 11.7 Å². The quantitative estimate of drug-likeness (QED) is 0.311. The van der Waals surface area contributed by atoms with Gasteiger partial charge in [0.15, 0.2) is 5.84 Å². The average Bonchev–Trinajstić information content (AvgIpc) is 2.39. The first-order valence-corrected chi connectivity index (χ1v) is 6.88. The van der Waals surface area contributed by atoms with Gasteiger partial charge in [0.25, 0.3) is 0 Å². The van der Waals surface area contributed by atoms with Gasteiger partial charge in [-0.05, 0) is 19.8 Å². The molecule has 0 heterocycles. The molecule has 1 amide bonds. The molecule has 6 nitrogen and oxygen atoms in total. The molecule has 19 heavy (non-hydrogen) atoms. The summed E-state index contributed by atoms with van der Waals surface area (Å²) in [6, 6.07) is 0. The topological polar surface area (TPSA) is 96.9 Å². The minimum atomic E-state index is -0.737. The molecule has 1 aliphatic carbocycles. The predicted molar refractivity (Wildman–Crippen MR) is 73.1 cm³/mol. The van der Waals surface area contributed by atoms with Gasteiger partial charge in [-0.3, -0.25) is 4.79 Å². The lowest BCUT2D eigenvalue weighted by Crippen LogP contribution is -2.59. The van der Waals surface area contributed by atoms with Gasteiger partial charge >= 0.3 is 0 Å². The fourth-order valence-corrected chi connectivity index (χ4v) is 2.49. The van der Waals surface area contributed by atoms with E-state index in [9.17, 15) is 4.79 Å². The summed E-state index contributed by atoms with van der Waals surface area (Å²) in [6.07, 6.45) is 6.18. The Morgan fingerprint density at radius 1 is 1.32 bits per heavy atom. The Balaban J connectivity index is 2.88. The molecule has 110 valence electrons. The minimum absolute atomic E-state index is 0.0889. The number of nitrogens with one attached hydrogen (secondary N) is 1. The fourth-order valence-electron chi connectivity index (χ4n) is 2.49. The Bertz CT molecular complexity index is 323. The van der Waals surface area contributed by atoms with Crippen molar-refractivity contribution in [1.29, 1.82) is 0 Å². The second-order valence-electron chi connectivity index (χ2n) is 5.20. The highest BCUT2D eigenvalue weighted by Gasteiger charge is 2.37. The molecule has 0 aromatic carbocycles. The third-order valence-electron chi connectivity index (χ3n) is 3.89. The maximum absolute atomic E-state index is 12.0. The second kappa shape index (κ2) is 7.33. The number of hydrogen-bond donors (Lipinski definition) is 3. The van der Waals surface area contributed by atoms with Gasteiger partial charge in [0.1, 0.15) is 11.6 Å². The van der Waals surface area contributed by atoms with E-state index < -0.39 is 11.6 Å². The van der Waals surface area contributed by atoms with Crippen LogP contribution < -0.4 is 11.1 Å². The smallest absolute Gasteiger partial charge is 0.249 e. The van der Waals surface area contributed by atoms with E-state index in [2.05, 4.69) is 10.5 Å². The molecule has 0 spiro atoms. The Labute approximate surface area is 114 Å². The molecule has 0 aromatic heterocycles. The van der Waals surface area contributed by atoms with Crippen molar-refractivity contribution in [3.8, 4) is 0 Å². The molecule has 1 saturated carbocycles. The van der Waals surface area contributed by atoms with Crippen molar-refractivity contribution >= 4 is 11.7 Å². The summed E-state index contributed by atoms with van der Waals surface area (Å²) >= 11 is 0. The van der Waals surface area contributed by atoms with Crippen LogP contribution >= 0.6 is 0 Å². The predicted octanol–water partition coefficient (Wildman–Crippen LogP) is 1.37. The van der Waals surface area contributed by atoms with Gasteiger partial charge < -0.3 is 21.0 Å². The second-order valence-corrected chi connectivity index (χ2v) is 5.20. The van der Waals surface area contributed by atoms with Crippen LogP contribution in [0.3, 0.4) is 0 Å². The number of rotatable bonds is 4. The molecule has 6 heteroatoms. The van der Waals surface area contributed by atoms with E-state index in [4.69, 9.17) is 15.7 Å². The minimum Gasteiger partial charge on any atom is -0.409 e. The molecule has 0 aromatic rings. The van der Waals surface area contributed by atoms with Crippen molar-refractivity contribution in [2.24, 2.45) is 10.9 Å². The Morgan fingerprint density at radius 3 is 2.32 bits per heavy atom. The zero-order valence-corrected chi connectivity index (χ0v) is 11.8. The molecule has 0 aliphatic heterocycles. The third kappa shape index (κ3) is 4.09. The van der Waals surface area contributed by atoms with Crippen molar-refractivity contribution in [2.75, 3.05) is 7.11 Å². The van der Waals surface area contributed by atoms with Gasteiger partial charge in [0.05, 0.1) is 0 Å². The van der Waals surface area contributed by atoms with E-state index in [1.807, 2.05) is 0 Å². The molecule has 1 fully saturated rings. The van der Waals surface area contributed by atoms with Crippen LogP contribution in [0.1, 0.15) is 51.9 Å². The highest BCUT2D eigenvalue weighted by Crippen LogP contribution is 2.27. The van der Waals surface area contributed by atoms with Gasteiger partial charge in [-0.1, -0.05) is 37.3 Å². The normalized spacial score (nSPS) is 22.1. The first-order valence-electron chi connectivity index (χ1n) is 6.88. The highest BCUT2D eigenvalue weighted by molar-refractivity contribution is 5.94. The van der Waals surface area contributed by atoms with Crippen molar-refractivity contribution < 1.29 is 14.7 Å². The fraction of sp³-hybridized carbons (Fsp3) is 0.846. The number of nitrogens with zero attached hydrogens (tertiary/aromatic N) is 1. The Hall–Kier alpha value is -1.30. The molecular formula is C13H25N3O3. The first kappa shape index (κ1) is 15.8. The molecule has 1 atom stereocenters. The van der Waals surface area contributed by atoms with E-state index in [1.54, 1.807) is 6.92 Å². The number of nitrogens with two attached hydrogens (primary N) is 1. The number of carbonyl (C=O) groups excluding carboxylic acids is 1. The van der Waals surface area contributed by atoms with Crippen LogP contribution in [0, 0.1) is 0 Å². The van der Waals surface area contributed by atoms with Crippen LogP contribution in [0.5, 0.6) is 0 Å². The number of hydrogen-bond acceptors (Lipinski definition) is 4. The molecular weight excluding hydrogens is 246 g/mol. The summed E-state index contributed by atoms with van der Waals surface area (Å²) in [7, 11) is 1.48. The molecule has 1 rings (SSSR count). The number of methoxy groups -OCH3 is 1. The molecule has 0 saturated heterocycles. The lowest BCUT2D eigenvalue weighted by molar-refractivity contribution is -0.131. The van der Waals surface area contributed by atoms with Crippen molar-refractivity contribution in [3.63, 3.8) is 0 Å². The standard InChI is InChI=1S/C13H25N3O3/c1-10(19-2)11(17)15-13(12(14)16-18)8-6-4-3-5-7-9-13/h10,18H,3-9H2,1-2H3,(H2,14,16)(H,15,17). The molecule has 1 aliphatic rings. The summed E-state index contributed by atoms with van der Waals surface area (Å²) in [5.41, 5.74) is 5.10. The molecule has 1 unspecified atom stereocenters. The van der Waals surface area contributed by atoms with Crippen LogP contribution in [0.2, 0.25) is 0 Å². The Morgan fingerprint density at radius 2 is 1.84 bits per heavy atom. The average molecular weight is 271 g/mol. The number of oxime groups is 1. The van der Waals surface area contributed by atoms with Crippen molar-refractivity contribution in [2.45, 2.75) is 63.5 Å². The molecule has 0 radical (unpaired) electrons. The molecule has 4 N–H and O–H groups in total. The number of carbonyl (C=O) groups is 1. The summed E-state index contributed by atoms with van der Waals surface area (Å²) in [5.74, 6) is -0.138. The molecule has 0 bridgehead atoms. The Kier molecular flexibility index (Phi) is 6.08. The van der Waals surface area contributed by atoms with Gasteiger partial charge in [0.2, 0.25) is 5.91 Å². The van der Waals surface area contributed by atoms with Crippen LogP contribution in [-0.2, 0) is 9.53 Å². The number of amidine groups is 1. The summed E-state index contributed by atoms with van der Waals surface area (Å²) in [5, 5.41) is 15.1. The largest absolute Gasteiger partial charge is 0.409 e. The lowest BCUT2D eigenvalue weighted by atomic mass is 9.82. The van der Waals surface area contributed by atoms with Gasteiger partial charge in [-0.15, -0.1) is 0 Å². The van der Waals surface area contributed by atoms with Gasteiger partial charge in [0, 0.05) is 7.11 Å². The number of ether oxygens (including phenoxy) is 1. The summed E-state index contributed by atoms with van der Waals surface area (Å²) in [6.45, 7) is 1.68. The van der Waals surface area contributed by atoms with Crippen LogP contribution in [0.15, 0.2) is 5.16 Å². The summed E-state index contributed by atoms with van der Waals surface area (Å²) in [4.78, 5) is 12.0.